The topological polar surface area (TPSA) is 90.7 Å². The van der Waals surface area contributed by atoms with Crippen molar-refractivity contribution in [3.63, 3.8) is 0 Å². The second kappa shape index (κ2) is 7.64. The van der Waals surface area contributed by atoms with Gasteiger partial charge in [0, 0.05) is 24.9 Å². The molecule has 6 heteroatoms. The van der Waals surface area contributed by atoms with Crippen LogP contribution in [0, 0.1) is 0 Å². The van der Waals surface area contributed by atoms with Crippen LogP contribution in [0.3, 0.4) is 0 Å². The van der Waals surface area contributed by atoms with Gasteiger partial charge >= 0.3 is 5.97 Å². The fraction of sp³-hybridized carbons (Fsp3) is 0.467. The van der Waals surface area contributed by atoms with E-state index in [0.717, 1.165) is 12.8 Å². The van der Waals surface area contributed by atoms with Gasteiger partial charge in [-0.05, 0) is 24.5 Å². The van der Waals surface area contributed by atoms with Crippen molar-refractivity contribution in [3.8, 4) is 0 Å². The van der Waals surface area contributed by atoms with E-state index in [0.29, 0.717) is 24.5 Å². The molecule has 6 nitrogen and oxygen atoms in total. The Morgan fingerprint density at radius 1 is 1.29 bits per heavy atom. The minimum atomic E-state index is -0.463. The molecule has 1 aliphatic heterocycles. The first kappa shape index (κ1) is 15.3. The van der Waals surface area contributed by atoms with Crippen molar-refractivity contribution in [2.75, 3.05) is 25.6 Å². The van der Waals surface area contributed by atoms with E-state index in [9.17, 15) is 9.59 Å². The predicted molar refractivity (Wildman–Crippen MR) is 77.5 cm³/mol. The highest BCUT2D eigenvalue weighted by molar-refractivity contribution is 5.82. The van der Waals surface area contributed by atoms with Gasteiger partial charge in [-0.3, -0.25) is 9.59 Å². The molecule has 21 heavy (non-hydrogen) atoms. The molecule has 0 aliphatic carbocycles. The molecule has 1 saturated heterocycles. The molecule has 1 aromatic rings. The summed E-state index contributed by atoms with van der Waals surface area (Å²) in [7, 11) is 0. The third kappa shape index (κ3) is 5.07. The average molecular weight is 292 g/mol. The number of carbonyl (C=O) groups excluding carboxylic acids is 2. The highest BCUT2D eigenvalue weighted by atomic mass is 16.5. The molecular formula is C15H20N2O4. The third-order valence-electron chi connectivity index (χ3n) is 3.34. The quantitative estimate of drug-likeness (QED) is 0.614. The van der Waals surface area contributed by atoms with E-state index < -0.39 is 5.97 Å². The van der Waals surface area contributed by atoms with Crippen LogP contribution in [0.5, 0.6) is 0 Å². The molecule has 0 radical (unpaired) electrons. The summed E-state index contributed by atoms with van der Waals surface area (Å²) in [6, 6.07) is 7.19. The third-order valence-corrected chi connectivity index (χ3v) is 3.34. The van der Waals surface area contributed by atoms with Gasteiger partial charge in [0.1, 0.15) is 0 Å². The lowest BCUT2D eigenvalue weighted by Crippen LogP contribution is -2.41. The van der Waals surface area contributed by atoms with Crippen LogP contribution in [0.25, 0.3) is 0 Å². The summed E-state index contributed by atoms with van der Waals surface area (Å²) in [4.78, 5) is 23.4. The second-order valence-electron chi connectivity index (χ2n) is 4.99. The Labute approximate surface area is 123 Å². The molecule has 114 valence electrons. The summed E-state index contributed by atoms with van der Waals surface area (Å²) < 4.78 is 10.2. The van der Waals surface area contributed by atoms with Crippen LogP contribution in [-0.4, -0.2) is 37.7 Å². The van der Waals surface area contributed by atoms with Crippen LogP contribution in [0.1, 0.15) is 18.4 Å². The van der Waals surface area contributed by atoms with Crippen molar-refractivity contribution < 1.29 is 19.1 Å². The van der Waals surface area contributed by atoms with E-state index in [4.69, 9.17) is 15.2 Å². The number of rotatable bonds is 5. The smallest absolute Gasteiger partial charge is 0.310 e. The fourth-order valence-electron chi connectivity index (χ4n) is 2.16. The van der Waals surface area contributed by atoms with E-state index in [1.165, 1.54) is 0 Å². The molecule has 0 atom stereocenters. The van der Waals surface area contributed by atoms with Crippen LogP contribution in [0.2, 0.25) is 0 Å². The van der Waals surface area contributed by atoms with Crippen LogP contribution >= 0.6 is 0 Å². The molecule has 3 N–H and O–H groups in total. The number of hydrogen-bond acceptors (Lipinski definition) is 5. The Hall–Kier alpha value is -2.08. The molecular weight excluding hydrogens is 272 g/mol. The normalized spacial score (nSPS) is 15.4. The Kier molecular flexibility index (Phi) is 5.57. The van der Waals surface area contributed by atoms with Gasteiger partial charge in [0.15, 0.2) is 6.61 Å². The number of carbonyl (C=O) groups is 2. The van der Waals surface area contributed by atoms with Gasteiger partial charge in [-0.1, -0.05) is 18.2 Å². The minimum Gasteiger partial charge on any atom is -0.455 e. The van der Waals surface area contributed by atoms with Gasteiger partial charge in [-0.25, -0.2) is 0 Å². The summed E-state index contributed by atoms with van der Waals surface area (Å²) in [6.45, 7) is 1.04. The molecule has 0 bridgehead atoms. The van der Waals surface area contributed by atoms with Crippen molar-refractivity contribution in [2.24, 2.45) is 0 Å². The number of hydrogen-bond donors (Lipinski definition) is 2. The van der Waals surface area contributed by atoms with E-state index in [1.807, 2.05) is 0 Å². The SMILES string of the molecule is Nc1ccccc1CC(=O)OCC(=O)NC1CCOCC1. The lowest BCUT2D eigenvalue weighted by atomic mass is 10.1. The molecule has 0 saturated carbocycles. The molecule has 1 aliphatic rings. The lowest BCUT2D eigenvalue weighted by molar-refractivity contribution is -0.148. The van der Waals surface area contributed by atoms with Gasteiger partial charge in [0.2, 0.25) is 0 Å². The summed E-state index contributed by atoms with van der Waals surface area (Å²) in [5.74, 6) is -0.744. The first-order valence-corrected chi connectivity index (χ1v) is 7.01. The summed E-state index contributed by atoms with van der Waals surface area (Å²) in [5, 5.41) is 2.83. The second-order valence-corrected chi connectivity index (χ2v) is 4.99. The fourth-order valence-corrected chi connectivity index (χ4v) is 2.16. The van der Waals surface area contributed by atoms with Gasteiger partial charge in [-0.2, -0.15) is 0 Å². The van der Waals surface area contributed by atoms with Crippen LogP contribution < -0.4 is 11.1 Å². The Balaban J connectivity index is 1.71. The van der Waals surface area contributed by atoms with Crippen molar-refractivity contribution in [1.82, 2.24) is 5.32 Å². The lowest BCUT2D eigenvalue weighted by Gasteiger charge is -2.22. The maximum atomic E-state index is 11.7. The van der Waals surface area contributed by atoms with Crippen LogP contribution in [0.4, 0.5) is 5.69 Å². The number of nitrogen functional groups attached to an aromatic ring is 1. The molecule has 0 unspecified atom stereocenters. The summed E-state index contributed by atoms with van der Waals surface area (Å²) >= 11 is 0. The Morgan fingerprint density at radius 2 is 2.00 bits per heavy atom. The van der Waals surface area contributed by atoms with Crippen molar-refractivity contribution >= 4 is 17.6 Å². The number of benzene rings is 1. The van der Waals surface area contributed by atoms with Crippen molar-refractivity contribution in [3.05, 3.63) is 29.8 Å². The van der Waals surface area contributed by atoms with E-state index in [1.54, 1.807) is 24.3 Å². The molecule has 1 heterocycles. The number of amides is 1. The minimum absolute atomic E-state index is 0.0667. The first-order valence-electron chi connectivity index (χ1n) is 7.01. The van der Waals surface area contributed by atoms with Gasteiger partial charge in [0.05, 0.1) is 6.42 Å². The molecule has 2 rings (SSSR count). The molecule has 1 fully saturated rings. The van der Waals surface area contributed by atoms with Crippen LogP contribution in [0.15, 0.2) is 24.3 Å². The van der Waals surface area contributed by atoms with Gasteiger partial charge in [0.25, 0.3) is 5.91 Å². The Bertz CT molecular complexity index is 498. The van der Waals surface area contributed by atoms with Gasteiger partial charge < -0.3 is 20.5 Å². The summed E-state index contributed by atoms with van der Waals surface area (Å²) in [5.41, 5.74) is 6.99. The number of nitrogens with two attached hydrogens (primary N) is 1. The summed E-state index contributed by atoms with van der Waals surface area (Å²) in [6.07, 6.45) is 1.65. The molecule has 1 aromatic carbocycles. The number of para-hydroxylation sites is 1. The van der Waals surface area contributed by atoms with Crippen LogP contribution in [-0.2, 0) is 25.5 Å². The first-order chi connectivity index (χ1) is 10.1. The van der Waals surface area contributed by atoms with E-state index in [-0.39, 0.29) is 25.0 Å². The maximum absolute atomic E-state index is 11.7. The van der Waals surface area contributed by atoms with Crippen molar-refractivity contribution in [1.29, 1.82) is 0 Å². The zero-order valence-electron chi connectivity index (χ0n) is 11.8. The average Bonchev–Trinajstić information content (AvgIpc) is 2.49. The molecule has 1 amide bonds. The Morgan fingerprint density at radius 3 is 2.71 bits per heavy atom. The van der Waals surface area contributed by atoms with Gasteiger partial charge in [-0.15, -0.1) is 0 Å². The van der Waals surface area contributed by atoms with E-state index in [2.05, 4.69) is 5.32 Å². The largest absolute Gasteiger partial charge is 0.455 e. The maximum Gasteiger partial charge on any atom is 0.310 e. The predicted octanol–water partition coefficient (Wildman–Crippen LogP) is 0.650. The molecule has 0 aromatic heterocycles. The molecule has 0 spiro atoms. The zero-order valence-corrected chi connectivity index (χ0v) is 11.8. The number of anilines is 1. The number of esters is 1. The number of nitrogens with one attached hydrogen (secondary N) is 1. The zero-order chi connectivity index (χ0) is 15.1. The van der Waals surface area contributed by atoms with Crippen molar-refractivity contribution in [2.45, 2.75) is 25.3 Å². The number of ether oxygens (including phenoxy) is 2. The van der Waals surface area contributed by atoms with E-state index >= 15 is 0 Å². The monoisotopic (exact) mass is 292 g/mol. The standard InChI is InChI=1S/C15H20N2O4/c16-13-4-2-1-3-11(13)9-15(19)21-10-14(18)17-12-5-7-20-8-6-12/h1-4,12H,5-10,16H2,(H,17,18). The highest BCUT2D eigenvalue weighted by Gasteiger charge is 2.17. The highest BCUT2D eigenvalue weighted by Crippen LogP contribution is 2.11.